The molecule has 10 nitrogen and oxygen atoms in total. The lowest BCUT2D eigenvalue weighted by molar-refractivity contribution is -0.185. The van der Waals surface area contributed by atoms with Crippen LogP contribution < -0.4 is 10.6 Å². The van der Waals surface area contributed by atoms with Crippen molar-refractivity contribution in [1.82, 2.24) is 20.4 Å². The van der Waals surface area contributed by atoms with E-state index in [0.717, 1.165) is 24.2 Å². The van der Waals surface area contributed by atoms with Gasteiger partial charge in [-0.2, -0.15) is 0 Å². The van der Waals surface area contributed by atoms with Gasteiger partial charge in [0.2, 0.25) is 11.8 Å². The van der Waals surface area contributed by atoms with Crippen LogP contribution in [0.3, 0.4) is 0 Å². The maximum absolute atomic E-state index is 13.6. The zero-order chi connectivity index (χ0) is 26.8. The molecule has 7 atom stereocenters. The highest BCUT2D eigenvalue weighted by atomic mass is 16.7. The van der Waals surface area contributed by atoms with Crippen LogP contribution in [0.5, 0.6) is 0 Å². The van der Waals surface area contributed by atoms with Crippen LogP contribution in [-0.2, 0) is 28.5 Å². The number of hydrogen-bond acceptors (Lipinski definition) is 7. The summed E-state index contributed by atoms with van der Waals surface area (Å²) in [5.74, 6) is 0.356. The summed E-state index contributed by atoms with van der Waals surface area (Å²) in [6.45, 7) is 8.34. The summed E-state index contributed by atoms with van der Waals surface area (Å²) in [7, 11) is -0.381. The summed E-state index contributed by atoms with van der Waals surface area (Å²) in [6.07, 6.45) is 7.78. The highest BCUT2D eigenvalue weighted by Gasteiger charge is 2.68. The minimum absolute atomic E-state index is 0.0552. The van der Waals surface area contributed by atoms with E-state index in [1.807, 2.05) is 4.90 Å². The number of hydrogen-bond donors (Lipinski definition) is 2. The van der Waals surface area contributed by atoms with Crippen LogP contribution in [0.1, 0.15) is 65.7 Å². The monoisotopic (exact) mass is 526 g/mol. The Bertz CT molecular complexity index is 1050. The first-order chi connectivity index (χ1) is 18.1. The Morgan fingerprint density at radius 2 is 1.95 bits per heavy atom. The van der Waals surface area contributed by atoms with Crippen molar-refractivity contribution in [2.75, 3.05) is 19.6 Å². The van der Waals surface area contributed by atoms with Crippen LogP contribution in [0, 0.1) is 17.3 Å². The van der Waals surface area contributed by atoms with Gasteiger partial charge in [-0.15, -0.1) is 0 Å². The SMILES string of the molecule is CC12CC3CC(C1OB([C@@H]1CCCN1C(=O)[C@@H]1C[C@@H](NC(=O)CCCN4C(=O)C=CC4=O)CN1)O2)C3(C)C. The van der Waals surface area contributed by atoms with Crippen molar-refractivity contribution < 1.29 is 28.5 Å². The number of nitrogens with one attached hydrogen (secondary N) is 2. The second-order valence-electron chi connectivity index (χ2n) is 12.9. The van der Waals surface area contributed by atoms with Crippen LogP contribution in [0.15, 0.2) is 12.2 Å². The molecule has 4 heterocycles. The minimum atomic E-state index is -0.381. The molecule has 3 saturated carbocycles. The highest BCUT2D eigenvalue weighted by molar-refractivity contribution is 6.48. The standard InChI is InChI=1S/C27H39BN4O6/c1-26(2)16-12-18(26)24-27(3,14-16)38-28(37-24)20-6-4-10-31(20)25(36)19-13-17(15-29-19)30-21(33)7-5-11-32-22(34)8-9-23(32)35/h8-9,16-20,24,29H,4-7,10-15H2,1-3H3,(H,30,33)/t16?,17-,18?,19+,20+,24?,27?/m1/s1. The van der Waals surface area contributed by atoms with Crippen molar-refractivity contribution in [1.29, 1.82) is 0 Å². The molecule has 3 saturated heterocycles. The van der Waals surface area contributed by atoms with E-state index >= 15 is 0 Å². The van der Waals surface area contributed by atoms with Crippen LogP contribution in [0.25, 0.3) is 0 Å². The second kappa shape index (κ2) is 9.45. The molecule has 206 valence electrons. The molecule has 6 fully saturated rings. The molecule has 4 aliphatic heterocycles. The van der Waals surface area contributed by atoms with Gasteiger partial charge in [-0.05, 0) is 62.7 Å². The van der Waals surface area contributed by atoms with Crippen LogP contribution >= 0.6 is 0 Å². The van der Waals surface area contributed by atoms with Gasteiger partial charge in [0.1, 0.15) is 0 Å². The molecule has 38 heavy (non-hydrogen) atoms. The summed E-state index contributed by atoms with van der Waals surface area (Å²) in [6, 6.07) is -0.484. The first-order valence-electron chi connectivity index (χ1n) is 14.3. The topological polar surface area (TPSA) is 117 Å². The Morgan fingerprint density at radius 3 is 2.68 bits per heavy atom. The third-order valence-electron chi connectivity index (χ3n) is 10.2. The Kier molecular flexibility index (Phi) is 6.47. The molecule has 0 spiro atoms. The van der Waals surface area contributed by atoms with Gasteiger partial charge in [0.05, 0.1) is 23.7 Å². The first kappa shape index (κ1) is 26.0. The van der Waals surface area contributed by atoms with E-state index in [9.17, 15) is 19.2 Å². The molecule has 0 radical (unpaired) electrons. The smallest absolute Gasteiger partial charge is 0.404 e. The van der Waals surface area contributed by atoms with E-state index in [1.54, 1.807) is 0 Å². The predicted molar refractivity (Wildman–Crippen MR) is 138 cm³/mol. The third-order valence-corrected chi connectivity index (χ3v) is 10.2. The lowest BCUT2D eigenvalue weighted by Crippen LogP contribution is -2.63. The van der Waals surface area contributed by atoms with Crippen molar-refractivity contribution in [3.05, 3.63) is 12.2 Å². The Labute approximate surface area is 224 Å². The highest BCUT2D eigenvalue weighted by Crippen LogP contribution is 2.64. The van der Waals surface area contributed by atoms with Crippen molar-refractivity contribution in [2.24, 2.45) is 17.3 Å². The Balaban J connectivity index is 0.990. The number of likely N-dealkylation sites (tertiary alicyclic amines) is 1. The van der Waals surface area contributed by atoms with E-state index in [1.165, 1.54) is 18.6 Å². The van der Waals surface area contributed by atoms with E-state index < -0.39 is 0 Å². The molecule has 7 aliphatic rings. The molecular weight excluding hydrogens is 487 g/mol. The van der Waals surface area contributed by atoms with Gasteiger partial charge in [-0.3, -0.25) is 24.1 Å². The van der Waals surface area contributed by atoms with Gasteiger partial charge in [0, 0.05) is 44.2 Å². The van der Waals surface area contributed by atoms with E-state index in [4.69, 9.17) is 9.31 Å². The molecule has 7 rings (SSSR count). The minimum Gasteiger partial charge on any atom is -0.404 e. The lowest BCUT2D eigenvalue weighted by atomic mass is 9.45. The Morgan fingerprint density at radius 1 is 1.18 bits per heavy atom. The van der Waals surface area contributed by atoms with Crippen molar-refractivity contribution in [2.45, 2.75) is 95.4 Å². The van der Waals surface area contributed by atoms with Crippen molar-refractivity contribution >= 4 is 30.7 Å². The van der Waals surface area contributed by atoms with Gasteiger partial charge >= 0.3 is 7.12 Å². The number of nitrogens with zero attached hydrogens (tertiary/aromatic N) is 2. The van der Waals surface area contributed by atoms with Gasteiger partial charge in [0.25, 0.3) is 11.8 Å². The van der Waals surface area contributed by atoms with Gasteiger partial charge in [-0.1, -0.05) is 13.8 Å². The maximum atomic E-state index is 13.6. The number of amides is 4. The number of carbonyl (C=O) groups excluding carboxylic acids is 4. The summed E-state index contributed by atoms with van der Waals surface area (Å²) >= 11 is 0. The zero-order valence-corrected chi connectivity index (χ0v) is 22.6. The Hall–Kier alpha value is -2.24. The van der Waals surface area contributed by atoms with Crippen LogP contribution in [-0.4, -0.2) is 89.9 Å². The third kappa shape index (κ3) is 4.30. The average molecular weight is 526 g/mol. The van der Waals surface area contributed by atoms with Gasteiger partial charge in [-0.25, -0.2) is 0 Å². The fourth-order valence-electron chi connectivity index (χ4n) is 7.84. The molecule has 4 amide bonds. The number of carbonyl (C=O) groups is 4. The fraction of sp³-hybridized carbons (Fsp3) is 0.778. The molecule has 0 aromatic rings. The van der Waals surface area contributed by atoms with Crippen LogP contribution in [0.2, 0.25) is 0 Å². The average Bonchev–Trinajstić information content (AvgIpc) is 3.65. The molecule has 11 heteroatoms. The molecular formula is C27H39BN4O6. The van der Waals surface area contributed by atoms with Crippen LogP contribution in [0.4, 0.5) is 0 Å². The van der Waals surface area contributed by atoms with Crippen molar-refractivity contribution in [3.63, 3.8) is 0 Å². The lowest BCUT2D eigenvalue weighted by Gasteiger charge is -2.63. The van der Waals surface area contributed by atoms with Gasteiger partial charge < -0.3 is 24.8 Å². The van der Waals surface area contributed by atoms with E-state index in [-0.39, 0.29) is 73.4 Å². The predicted octanol–water partition coefficient (Wildman–Crippen LogP) is 0.797. The molecule has 0 aromatic carbocycles. The van der Waals surface area contributed by atoms with Gasteiger partial charge in [0.15, 0.2) is 0 Å². The molecule has 3 aliphatic carbocycles. The second-order valence-corrected chi connectivity index (χ2v) is 12.9. The van der Waals surface area contributed by atoms with E-state index in [2.05, 4.69) is 31.4 Å². The number of imide groups is 1. The largest absolute Gasteiger partial charge is 0.481 e. The summed E-state index contributed by atoms with van der Waals surface area (Å²) < 4.78 is 13.2. The molecule has 2 bridgehead atoms. The maximum Gasteiger partial charge on any atom is 0.481 e. The fourth-order valence-corrected chi connectivity index (χ4v) is 7.84. The number of rotatable bonds is 7. The molecule has 4 unspecified atom stereocenters. The quantitative estimate of drug-likeness (QED) is 0.372. The normalized spacial score (nSPS) is 39.1. The molecule has 0 aromatic heterocycles. The first-order valence-corrected chi connectivity index (χ1v) is 14.3. The zero-order valence-electron chi connectivity index (χ0n) is 22.6. The summed E-state index contributed by atoms with van der Waals surface area (Å²) in [5.41, 5.74) is 0.0268. The molecule has 2 N–H and O–H groups in total. The van der Waals surface area contributed by atoms with E-state index in [0.29, 0.717) is 43.2 Å². The van der Waals surface area contributed by atoms with Crippen molar-refractivity contribution in [3.8, 4) is 0 Å². The summed E-state index contributed by atoms with van der Waals surface area (Å²) in [4.78, 5) is 52.4. The summed E-state index contributed by atoms with van der Waals surface area (Å²) in [5, 5.41) is 6.30.